The molecule has 0 aliphatic carbocycles. The normalized spacial score (nSPS) is 13.7. The molecule has 0 bridgehead atoms. The maximum Gasteiger partial charge on any atom is 0.231 e. The van der Waals surface area contributed by atoms with Gasteiger partial charge >= 0.3 is 0 Å². The first-order chi connectivity index (χ1) is 11.2. The van der Waals surface area contributed by atoms with Gasteiger partial charge in [0.05, 0.1) is 14.2 Å². The first-order valence-corrected chi connectivity index (χ1v) is 8.36. The van der Waals surface area contributed by atoms with Crippen LogP contribution in [0.2, 0.25) is 0 Å². The lowest BCUT2D eigenvalue weighted by Crippen LogP contribution is -2.05. The summed E-state index contributed by atoms with van der Waals surface area (Å²) < 4.78 is 22.1. The molecular weight excluding hydrogens is 312 g/mol. The van der Waals surface area contributed by atoms with Crippen LogP contribution < -0.4 is 18.9 Å². The Hall–Kier alpha value is -2.01. The van der Waals surface area contributed by atoms with E-state index in [2.05, 4.69) is 31.2 Å². The Morgan fingerprint density at radius 2 is 1.83 bits per heavy atom. The highest BCUT2D eigenvalue weighted by Crippen LogP contribution is 2.49. The lowest BCUT2D eigenvalue weighted by atomic mass is 10.1. The highest BCUT2D eigenvalue weighted by molar-refractivity contribution is 7.99. The van der Waals surface area contributed by atoms with Crippen LogP contribution in [0.4, 0.5) is 0 Å². The maximum absolute atomic E-state index is 5.57. The van der Waals surface area contributed by atoms with E-state index in [1.54, 1.807) is 14.2 Å². The fourth-order valence-corrected chi connectivity index (χ4v) is 3.73. The second-order valence-electron chi connectivity index (χ2n) is 5.28. The van der Waals surface area contributed by atoms with E-state index in [1.807, 2.05) is 23.9 Å². The van der Waals surface area contributed by atoms with E-state index in [0.29, 0.717) is 16.7 Å². The fourth-order valence-electron chi connectivity index (χ4n) is 2.69. The first kappa shape index (κ1) is 15.9. The van der Waals surface area contributed by atoms with Crippen molar-refractivity contribution in [3.05, 3.63) is 42.0 Å². The van der Waals surface area contributed by atoms with E-state index >= 15 is 0 Å². The van der Waals surface area contributed by atoms with Crippen molar-refractivity contribution in [1.82, 2.24) is 0 Å². The van der Waals surface area contributed by atoms with E-state index in [9.17, 15) is 0 Å². The van der Waals surface area contributed by atoms with Gasteiger partial charge in [-0.25, -0.2) is 0 Å². The third kappa shape index (κ3) is 3.34. The molecular formula is C18H20O4S. The Labute approximate surface area is 140 Å². The van der Waals surface area contributed by atoms with Gasteiger partial charge in [-0.1, -0.05) is 25.1 Å². The summed E-state index contributed by atoms with van der Waals surface area (Å²) in [4.78, 5) is 1.26. The van der Waals surface area contributed by atoms with E-state index in [-0.39, 0.29) is 6.79 Å². The van der Waals surface area contributed by atoms with E-state index in [1.165, 1.54) is 4.90 Å². The summed E-state index contributed by atoms with van der Waals surface area (Å²) in [5.74, 6) is 2.66. The molecule has 0 fully saturated rings. The van der Waals surface area contributed by atoms with Gasteiger partial charge < -0.3 is 18.9 Å². The molecule has 1 unspecified atom stereocenters. The standard InChI is InChI=1S/C18H20O4S/c1-12(23-14-7-5-4-6-8-14)9-13-10-15-17(22-11-21-15)18(20-3)16(13)19-2/h4-8,10,12H,9,11H2,1-3H3. The largest absolute Gasteiger partial charge is 0.492 e. The molecule has 0 amide bonds. The Morgan fingerprint density at radius 3 is 2.52 bits per heavy atom. The molecule has 122 valence electrons. The number of hydrogen-bond donors (Lipinski definition) is 0. The third-order valence-corrected chi connectivity index (χ3v) is 4.76. The van der Waals surface area contributed by atoms with Gasteiger partial charge in [0.1, 0.15) is 0 Å². The van der Waals surface area contributed by atoms with Crippen molar-refractivity contribution in [2.75, 3.05) is 21.0 Å². The van der Waals surface area contributed by atoms with Crippen LogP contribution in [0.1, 0.15) is 12.5 Å². The molecule has 0 spiro atoms. The second-order valence-corrected chi connectivity index (χ2v) is 6.79. The van der Waals surface area contributed by atoms with Crippen LogP contribution in [0.25, 0.3) is 0 Å². The first-order valence-electron chi connectivity index (χ1n) is 7.48. The number of hydrogen-bond acceptors (Lipinski definition) is 5. The highest BCUT2D eigenvalue weighted by Gasteiger charge is 2.26. The maximum atomic E-state index is 5.57. The summed E-state index contributed by atoms with van der Waals surface area (Å²) in [6, 6.07) is 12.4. The predicted molar refractivity (Wildman–Crippen MR) is 91.1 cm³/mol. The van der Waals surface area contributed by atoms with Gasteiger partial charge in [0.15, 0.2) is 11.5 Å². The zero-order valence-electron chi connectivity index (χ0n) is 13.5. The topological polar surface area (TPSA) is 36.9 Å². The van der Waals surface area contributed by atoms with Crippen molar-refractivity contribution in [3.8, 4) is 23.0 Å². The average Bonchev–Trinajstić information content (AvgIpc) is 3.02. The summed E-state index contributed by atoms with van der Waals surface area (Å²) in [5.41, 5.74) is 1.06. The smallest absolute Gasteiger partial charge is 0.231 e. The zero-order chi connectivity index (χ0) is 16.2. The molecule has 1 atom stereocenters. The molecule has 0 saturated heterocycles. The van der Waals surface area contributed by atoms with Gasteiger partial charge in [0.2, 0.25) is 18.3 Å². The molecule has 0 aromatic heterocycles. The molecule has 1 aliphatic heterocycles. The molecule has 4 nitrogen and oxygen atoms in total. The molecule has 1 heterocycles. The van der Waals surface area contributed by atoms with E-state index in [4.69, 9.17) is 18.9 Å². The van der Waals surface area contributed by atoms with Crippen LogP contribution in [-0.4, -0.2) is 26.3 Å². The minimum absolute atomic E-state index is 0.215. The molecule has 1 aliphatic rings. The van der Waals surface area contributed by atoms with Crippen molar-refractivity contribution in [3.63, 3.8) is 0 Å². The number of ether oxygens (including phenoxy) is 4. The van der Waals surface area contributed by atoms with Crippen molar-refractivity contribution < 1.29 is 18.9 Å². The van der Waals surface area contributed by atoms with Crippen LogP contribution >= 0.6 is 11.8 Å². The zero-order valence-corrected chi connectivity index (χ0v) is 14.3. The van der Waals surface area contributed by atoms with E-state index in [0.717, 1.165) is 23.5 Å². The molecule has 0 radical (unpaired) electrons. The van der Waals surface area contributed by atoms with Gasteiger partial charge in [0, 0.05) is 15.7 Å². The number of thioether (sulfide) groups is 1. The minimum Gasteiger partial charge on any atom is -0.492 e. The lowest BCUT2D eigenvalue weighted by Gasteiger charge is -2.17. The van der Waals surface area contributed by atoms with Gasteiger partial charge in [-0.2, -0.15) is 0 Å². The molecule has 23 heavy (non-hydrogen) atoms. The van der Waals surface area contributed by atoms with Crippen LogP contribution in [-0.2, 0) is 6.42 Å². The number of fused-ring (bicyclic) bond motifs is 1. The van der Waals surface area contributed by atoms with Crippen LogP contribution in [0.15, 0.2) is 41.3 Å². The molecule has 5 heteroatoms. The van der Waals surface area contributed by atoms with Crippen LogP contribution in [0.5, 0.6) is 23.0 Å². The van der Waals surface area contributed by atoms with Crippen molar-refractivity contribution in [2.24, 2.45) is 0 Å². The van der Waals surface area contributed by atoms with Gasteiger partial charge in [-0.15, -0.1) is 11.8 Å². The van der Waals surface area contributed by atoms with Crippen molar-refractivity contribution >= 4 is 11.8 Å². The Bertz CT molecular complexity index is 672. The van der Waals surface area contributed by atoms with Gasteiger partial charge in [-0.05, 0) is 24.6 Å². The molecule has 0 saturated carbocycles. The van der Waals surface area contributed by atoms with Crippen molar-refractivity contribution in [2.45, 2.75) is 23.5 Å². The monoisotopic (exact) mass is 332 g/mol. The molecule has 2 aromatic rings. The number of benzene rings is 2. The third-order valence-electron chi connectivity index (χ3n) is 3.65. The summed E-state index contributed by atoms with van der Waals surface area (Å²) in [6.07, 6.45) is 0.843. The quantitative estimate of drug-likeness (QED) is 0.743. The summed E-state index contributed by atoms with van der Waals surface area (Å²) in [6.45, 7) is 2.42. The number of rotatable bonds is 6. The minimum atomic E-state index is 0.215. The predicted octanol–water partition coefficient (Wildman–Crippen LogP) is 4.16. The molecule has 0 N–H and O–H groups in total. The Kier molecular flexibility index (Phi) is 4.86. The fraction of sp³-hybridized carbons (Fsp3) is 0.333. The Balaban J connectivity index is 1.84. The Morgan fingerprint density at radius 1 is 1.09 bits per heavy atom. The van der Waals surface area contributed by atoms with E-state index < -0.39 is 0 Å². The lowest BCUT2D eigenvalue weighted by molar-refractivity contribution is 0.170. The van der Waals surface area contributed by atoms with Crippen LogP contribution in [0.3, 0.4) is 0 Å². The summed E-state index contributed by atoms with van der Waals surface area (Å²) in [7, 11) is 3.27. The SMILES string of the molecule is COc1c(CC(C)Sc2ccccc2)cc2c(c1OC)OCO2. The van der Waals surface area contributed by atoms with Gasteiger partial charge in [-0.3, -0.25) is 0 Å². The second kappa shape index (κ2) is 7.04. The van der Waals surface area contributed by atoms with Crippen LogP contribution in [0, 0.1) is 0 Å². The highest BCUT2D eigenvalue weighted by atomic mass is 32.2. The average molecular weight is 332 g/mol. The molecule has 2 aromatic carbocycles. The molecule has 3 rings (SSSR count). The summed E-state index contributed by atoms with van der Waals surface area (Å²) in [5, 5.41) is 0.386. The van der Waals surface area contributed by atoms with Gasteiger partial charge in [0.25, 0.3) is 0 Å². The van der Waals surface area contributed by atoms with Crippen molar-refractivity contribution in [1.29, 1.82) is 0 Å². The summed E-state index contributed by atoms with van der Waals surface area (Å²) >= 11 is 1.84. The number of methoxy groups -OCH3 is 2.